The average Bonchev–Trinajstić information content (AvgIpc) is 2.46. The summed E-state index contributed by atoms with van der Waals surface area (Å²) in [5.41, 5.74) is 7.25. The van der Waals surface area contributed by atoms with Gasteiger partial charge in [0, 0.05) is 26.2 Å². The van der Waals surface area contributed by atoms with E-state index in [-0.39, 0.29) is 6.04 Å². The Hall–Kier alpha value is -0.950. The molecule has 0 aliphatic heterocycles. The van der Waals surface area contributed by atoms with E-state index < -0.39 is 10.0 Å². The summed E-state index contributed by atoms with van der Waals surface area (Å²) in [6.07, 6.45) is 0.753. The quantitative estimate of drug-likeness (QED) is 0.795. The highest BCUT2D eigenvalue weighted by Crippen LogP contribution is 2.23. The first kappa shape index (κ1) is 18.1. The number of nitrogens with zero attached hydrogens (tertiary/aromatic N) is 1. The lowest BCUT2D eigenvalue weighted by Gasteiger charge is -2.28. The van der Waals surface area contributed by atoms with Crippen molar-refractivity contribution in [2.24, 2.45) is 5.73 Å². The lowest BCUT2D eigenvalue weighted by atomic mass is 10.1. The van der Waals surface area contributed by atoms with Crippen molar-refractivity contribution in [1.82, 2.24) is 4.31 Å². The van der Waals surface area contributed by atoms with Crippen molar-refractivity contribution in [3.63, 3.8) is 0 Å². The molecule has 0 aliphatic carbocycles. The van der Waals surface area contributed by atoms with E-state index in [1.54, 1.807) is 26.2 Å². The number of benzene rings is 1. The first-order chi connectivity index (χ1) is 9.88. The molecule has 0 radical (unpaired) electrons. The van der Waals surface area contributed by atoms with Gasteiger partial charge >= 0.3 is 0 Å². The van der Waals surface area contributed by atoms with Crippen molar-refractivity contribution in [3.05, 3.63) is 29.3 Å². The normalized spacial score (nSPS) is 13.6. The molecule has 120 valence electrons. The molecule has 1 aromatic carbocycles. The Balaban J connectivity index is 3.21. The number of nitrogens with two attached hydrogens (primary N) is 1. The Kier molecular flexibility index (Phi) is 6.80. The largest absolute Gasteiger partial charge is 0.383 e. The Bertz CT molecular complexity index is 558. The van der Waals surface area contributed by atoms with Gasteiger partial charge in [0.15, 0.2) is 0 Å². The Morgan fingerprint density at radius 2 is 2.05 bits per heavy atom. The summed E-state index contributed by atoms with van der Waals surface area (Å²) < 4.78 is 32.4. The summed E-state index contributed by atoms with van der Waals surface area (Å²) in [6, 6.07) is 5.18. The predicted molar refractivity (Wildman–Crippen MR) is 84.6 cm³/mol. The van der Waals surface area contributed by atoms with Gasteiger partial charge < -0.3 is 10.5 Å². The third kappa shape index (κ3) is 4.26. The molecule has 2 N–H and O–H groups in total. The van der Waals surface area contributed by atoms with Gasteiger partial charge in [0.05, 0.1) is 11.5 Å². The number of rotatable bonds is 8. The zero-order chi connectivity index (χ0) is 16.0. The molecule has 0 saturated heterocycles. The minimum atomic E-state index is -3.53. The van der Waals surface area contributed by atoms with Crippen LogP contribution in [0.5, 0.6) is 0 Å². The maximum atomic E-state index is 12.9. The molecule has 21 heavy (non-hydrogen) atoms. The molecule has 0 spiro atoms. The average molecular weight is 314 g/mol. The van der Waals surface area contributed by atoms with Crippen LogP contribution in [0.15, 0.2) is 23.1 Å². The van der Waals surface area contributed by atoms with Gasteiger partial charge in [-0.25, -0.2) is 8.42 Å². The lowest BCUT2D eigenvalue weighted by molar-refractivity contribution is 0.167. The third-order valence-corrected chi connectivity index (χ3v) is 5.83. The summed E-state index contributed by atoms with van der Waals surface area (Å²) in [7, 11) is -1.96. The fraction of sp³-hybridized carbons (Fsp3) is 0.600. The zero-order valence-electron chi connectivity index (χ0n) is 13.3. The van der Waals surface area contributed by atoms with Crippen LogP contribution >= 0.6 is 0 Å². The van der Waals surface area contributed by atoms with Crippen molar-refractivity contribution < 1.29 is 13.2 Å². The number of ether oxygens (including phenoxy) is 1. The summed E-state index contributed by atoms with van der Waals surface area (Å²) >= 11 is 0. The molecule has 1 unspecified atom stereocenters. The smallest absolute Gasteiger partial charge is 0.243 e. The standard InChI is InChI=1S/C15H26N2O3S/c1-5-13(3)17(8-9-20-4)21(18,19)15-7-6-14(11-16)10-12(15)2/h6-7,10,13H,5,8-9,11,16H2,1-4H3. The molecule has 0 aliphatic rings. The van der Waals surface area contributed by atoms with Crippen molar-refractivity contribution >= 4 is 10.0 Å². The number of aryl methyl sites for hydroxylation is 1. The number of hydrogen-bond acceptors (Lipinski definition) is 4. The van der Waals surface area contributed by atoms with E-state index in [4.69, 9.17) is 10.5 Å². The molecule has 1 aromatic rings. The molecule has 0 fully saturated rings. The fourth-order valence-corrected chi connectivity index (χ4v) is 4.11. The van der Waals surface area contributed by atoms with Crippen molar-refractivity contribution in [1.29, 1.82) is 0 Å². The SMILES string of the molecule is CCC(C)N(CCOC)S(=O)(=O)c1ccc(CN)cc1C. The highest BCUT2D eigenvalue weighted by atomic mass is 32.2. The number of methoxy groups -OCH3 is 1. The second-order valence-electron chi connectivity index (χ2n) is 5.17. The second kappa shape index (κ2) is 7.89. The van der Waals surface area contributed by atoms with E-state index in [0.717, 1.165) is 17.5 Å². The molecule has 0 bridgehead atoms. The van der Waals surface area contributed by atoms with Crippen LogP contribution in [0.1, 0.15) is 31.4 Å². The summed E-state index contributed by atoms with van der Waals surface area (Å²) in [4.78, 5) is 0.344. The molecular formula is C15H26N2O3S. The van der Waals surface area contributed by atoms with Crippen molar-refractivity contribution in [2.45, 2.75) is 44.7 Å². The van der Waals surface area contributed by atoms with Crippen LogP contribution in [-0.4, -0.2) is 39.0 Å². The van der Waals surface area contributed by atoms with Crippen LogP contribution in [0.4, 0.5) is 0 Å². The molecule has 1 rings (SSSR count). The third-order valence-electron chi connectivity index (χ3n) is 3.66. The number of hydrogen-bond donors (Lipinski definition) is 1. The van der Waals surface area contributed by atoms with Gasteiger partial charge in [-0.3, -0.25) is 0 Å². The summed E-state index contributed by atoms with van der Waals surface area (Å²) in [5, 5.41) is 0. The van der Waals surface area contributed by atoms with Crippen LogP contribution in [-0.2, 0) is 21.3 Å². The fourth-order valence-electron chi connectivity index (χ4n) is 2.22. The van der Waals surface area contributed by atoms with Gasteiger partial charge in [-0.05, 0) is 37.5 Å². The number of sulfonamides is 1. The molecular weight excluding hydrogens is 288 g/mol. The highest BCUT2D eigenvalue weighted by molar-refractivity contribution is 7.89. The van der Waals surface area contributed by atoms with Gasteiger partial charge in [-0.1, -0.05) is 19.1 Å². The van der Waals surface area contributed by atoms with E-state index in [9.17, 15) is 8.42 Å². The van der Waals surface area contributed by atoms with E-state index >= 15 is 0 Å². The first-order valence-corrected chi connectivity index (χ1v) is 8.62. The minimum absolute atomic E-state index is 0.0706. The van der Waals surface area contributed by atoms with Crippen LogP contribution in [0.3, 0.4) is 0 Å². The van der Waals surface area contributed by atoms with Crippen molar-refractivity contribution in [3.8, 4) is 0 Å². The Morgan fingerprint density at radius 1 is 1.38 bits per heavy atom. The van der Waals surface area contributed by atoms with Gasteiger partial charge in [0.25, 0.3) is 0 Å². The van der Waals surface area contributed by atoms with Crippen LogP contribution in [0.2, 0.25) is 0 Å². The van der Waals surface area contributed by atoms with Crippen LogP contribution < -0.4 is 5.73 Å². The van der Waals surface area contributed by atoms with E-state index in [1.807, 2.05) is 19.9 Å². The van der Waals surface area contributed by atoms with Gasteiger partial charge in [-0.15, -0.1) is 0 Å². The highest BCUT2D eigenvalue weighted by Gasteiger charge is 2.29. The molecule has 1 atom stereocenters. The lowest BCUT2D eigenvalue weighted by Crippen LogP contribution is -2.40. The van der Waals surface area contributed by atoms with Crippen LogP contribution in [0, 0.1) is 6.92 Å². The summed E-state index contributed by atoms with van der Waals surface area (Å²) in [6.45, 7) is 6.83. The predicted octanol–water partition coefficient (Wildman–Crippen LogP) is 1.89. The van der Waals surface area contributed by atoms with Gasteiger partial charge in [0.1, 0.15) is 0 Å². The molecule has 0 heterocycles. The van der Waals surface area contributed by atoms with Gasteiger partial charge in [0.2, 0.25) is 10.0 Å². The van der Waals surface area contributed by atoms with E-state index in [1.165, 1.54) is 4.31 Å². The zero-order valence-corrected chi connectivity index (χ0v) is 14.1. The molecule has 0 aromatic heterocycles. The maximum absolute atomic E-state index is 12.9. The summed E-state index contributed by atoms with van der Waals surface area (Å²) in [5.74, 6) is 0. The minimum Gasteiger partial charge on any atom is -0.383 e. The monoisotopic (exact) mass is 314 g/mol. The van der Waals surface area contributed by atoms with Crippen molar-refractivity contribution in [2.75, 3.05) is 20.3 Å². The Morgan fingerprint density at radius 3 is 2.52 bits per heavy atom. The second-order valence-corrected chi connectivity index (χ2v) is 7.03. The topological polar surface area (TPSA) is 72.6 Å². The first-order valence-electron chi connectivity index (χ1n) is 7.18. The van der Waals surface area contributed by atoms with E-state index in [2.05, 4.69) is 0 Å². The molecule has 5 nitrogen and oxygen atoms in total. The van der Waals surface area contributed by atoms with Gasteiger partial charge in [-0.2, -0.15) is 4.31 Å². The van der Waals surface area contributed by atoms with Crippen LogP contribution in [0.25, 0.3) is 0 Å². The molecule has 6 heteroatoms. The molecule has 0 saturated carbocycles. The molecule has 0 amide bonds. The Labute approximate surface area is 128 Å². The maximum Gasteiger partial charge on any atom is 0.243 e. The van der Waals surface area contributed by atoms with E-state index in [0.29, 0.717) is 24.6 Å².